The molecule has 1 unspecified atom stereocenters. The lowest BCUT2D eigenvalue weighted by Crippen LogP contribution is -3.08. The second-order valence-electron chi connectivity index (χ2n) is 6.11. The largest absolute Gasteiger partial charge is 0.497 e. The van der Waals surface area contributed by atoms with E-state index in [0.29, 0.717) is 13.1 Å². The zero-order valence-corrected chi connectivity index (χ0v) is 16.0. The van der Waals surface area contributed by atoms with E-state index in [1.807, 2.05) is 31.3 Å². The molecule has 0 saturated carbocycles. The first-order chi connectivity index (χ1) is 12.1. The van der Waals surface area contributed by atoms with Crippen LogP contribution in [0, 0.1) is 0 Å². The number of ether oxygens (including phenoxy) is 1. The number of benzene rings is 2. The quantitative estimate of drug-likeness (QED) is 0.671. The molecular formula is C20H27N2O2S+. The van der Waals surface area contributed by atoms with Crippen LogP contribution in [0.15, 0.2) is 53.4 Å². The van der Waals surface area contributed by atoms with Crippen molar-refractivity contribution in [2.45, 2.75) is 17.9 Å². The van der Waals surface area contributed by atoms with E-state index in [1.54, 1.807) is 18.9 Å². The third kappa shape index (κ3) is 6.80. The molecule has 2 N–H and O–H groups in total. The van der Waals surface area contributed by atoms with Gasteiger partial charge in [0, 0.05) is 17.0 Å². The van der Waals surface area contributed by atoms with E-state index >= 15 is 0 Å². The Hall–Kier alpha value is -1.98. The summed E-state index contributed by atoms with van der Waals surface area (Å²) < 4.78 is 5.14. The molecule has 0 aliphatic rings. The fourth-order valence-electron chi connectivity index (χ4n) is 2.63. The van der Waals surface area contributed by atoms with Crippen molar-refractivity contribution in [2.75, 3.05) is 33.5 Å². The van der Waals surface area contributed by atoms with Crippen LogP contribution < -0.4 is 15.0 Å². The van der Waals surface area contributed by atoms with Gasteiger partial charge >= 0.3 is 0 Å². The first-order valence-electron chi connectivity index (χ1n) is 8.44. The highest BCUT2D eigenvalue weighted by atomic mass is 32.2. The summed E-state index contributed by atoms with van der Waals surface area (Å²) in [7, 11) is 3.71. The lowest BCUT2D eigenvalue weighted by Gasteiger charge is -2.14. The summed E-state index contributed by atoms with van der Waals surface area (Å²) in [6.07, 6.45) is 2.90. The van der Waals surface area contributed by atoms with E-state index in [0.717, 1.165) is 18.7 Å². The molecule has 0 fully saturated rings. The first-order valence-corrected chi connectivity index (χ1v) is 9.67. The molecule has 4 nitrogen and oxygen atoms in total. The van der Waals surface area contributed by atoms with Crippen molar-refractivity contribution in [3.8, 4) is 5.75 Å². The van der Waals surface area contributed by atoms with Gasteiger partial charge in [0.15, 0.2) is 6.54 Å². The number of carbonyl (C=O) groups excluding carboxylic acids is 1. The maximum absolute atomic E-state index is 12.1. The molecule has 0 aliphatic heterocycles. The minimum Gasteiger partial charge on any atom is -0.497 e. The van der Waals surface area contributed by atoms with Gasteiger partial charge in [0.25, 0.3) is 5.91 Å². The van der Waals surface area contributed by atoms with Crippen LogP contribution in [0.2, 0.25) is 0 Å². The number of nitrogens with one attached hydrogen (secondary N) is 2. The molecule has 1 atom stereocenters. The first kappa shape index (κ1) is 19.3. The van der Waals surface area contributed by atoms with Gasteiger partial charge in [-0.25, -0.2) is 0 Å². The number of hydrogen-bond donors (Lipinski definition) is 2. The van der Waals surface area contributed by atoms with Crippen LogP contribution in [0.5, 0.6) is 5.75 Å². The average Bonchev–Trinajstić information content (AvgIpc) is 2.63. The van der Waals surface area contributed by atoms with Crippen molar-refractivity contribution in [3.05, 3.63) is 59.7 Å². The highest BCUT2D eigenvalue weighted by Crippen LogP contribution is 2.14. The average molecular weight is 360 g/mol. The van der Waals surface area contributed by atoms with E-state index in [1.165, 1.54) is 20.9 Å². The van der Waals surface area contributed by atoms with Crippen LogP contribution in [0.3, 0.4) is 0 Å². The predicted molar refractivity (Wildman–Crippen MR) is 103 cm³/mol. The van der Waals surface area contributed by atoms with Crippen LogP contribution in [0.25, 0.3) is 0 Å². The molecule has 0 spiro atoms. The van der Waals surface area contributed by atoms with Crippen LogP contribution in [-0.2, 0) is 17.8 Å². The van der Waals surface area contributed by atoms with E-state index in [2.05, 4.69) is 35.8 Å². The molecular weight excluding hydrogens is 332 g/mol. The van der Waals surface area contributed by atoms with Gasteiger partial charge in [-0.05, 0) is 42.5 Å². The molecule has 0 heterocycles. The van der Waals surface area contributed by atoms with Crippen molar-refractivity contribution in [3.63, 3.8) is 0 Å². The Morgan fingerprint density at radius 1 is 1.08 bits per heavy atom. The fourth-order valence-corrected chi connectivity index (χ4v) is 3.04. The van der Waals surface area contributed by atoms with Gasteiger partial charge in [-0.2, -0.15) is 0 Å². The molecule has 2 aromatic carbocycles. The Morgan fingerprint density at radius 2 is 1.72 bits per heavy atom. The number of hydrogen-bond acceptors (Lipinski definition) is 3. The third-order valence-corrected chi connectivity index (χ3v) is 4.77. The Balaban J connectivity index is 1.69. The Labute approximate surface area is 154 Å². The number of methoxy groups -OCH3 is 1. The van der Waals surface area contributed by atoms with Crippen molar-refractivity contribution in [2.24, 2.45) is 0 Å². The SMILES string of the molecule is COc1ccc(CCNC(=O)C[NH+](C)Cc2ccc(SC)cc2)cc1. The molecule has 25 heavy (non-hydrogen) atoms. The van der Waals surface area contributed by atoms with Gasteiger partial charge in [-0.3, -0.25) is 4.79 Å². The molecule has 0 bridgehead atoms. The smallest absolute Gasteiger partial charge is 0.275 e. The molecule has 0 aliphatic carbocycles. The molecule has 2 aromatic rings. The monoisotopic (exact) mass is 359 g/mol. The normalized spacial score (nSPS) is 11.8. The zero-order chi connectivity index (χ0) is 18.1. The molecule has 0 radical (unpaired) electrons. The maximum atomic E-state index is 12.1. The predicted octanol–water partition coefficient (Wildman–Crippen LogP) is 1.79. The van der Waals surface area contributed by atoms with Gasteiger partial charge in [-0.1, -0.05) is 24.3 Å². The summed E-state index contributed by atoms with van der Waals surface area (Å²) in [6.45, 7) is 1.98. The van der Waals surface area contributed by atoms with Gasteiger partial charge in [0.1, 0.15) is 12.3 Å². The summed E-state index contributed by atoms with van der Waals surface area (Å²) in [5.74, 6) is 0.940. The molecule has 0 aromatic heterocycles. The highest BCUT2D eigenvalue weighted by Gasteiger charge is 2.10. The Morgan fingerprint density at radius 3 is 2.32 bits per heavy atom. The molecule has 2 rings (SSSR count). The van der Waals surface area contributed by atoms with E-state index in [4.69, 9.17) is 4.74 Å². The lowest BCUT2D eigenvalue weighted by molar-refractivity contribution is -0.885. The molecule has 0 saturated heterocycles. The summed E-state index contributed by atoms with van der Waals surface area (Å²) in [5, 5.41) is 3.00. The highest BCUT2D eigenvalue weighted by molar-refractivity contribution is 7.98. The van der Waals surface area contributed by atoms with Crippen molar-refractivity contribution in [1.29, 1.82) is 0 Å². The fraction of sp³-hybridized carbons (Fsp3) is 0.350. The lowest BCUT2D eigenvalue weighted by atomic mass is 10.1. The third-order valence-electron chi connectivity index (χ3n) is 4.02. The summed E-state index contributed by atoms with van der Waals surface area (Å²) in [4.78, 5) is 14.5. The number of amides is 1. The van der Waals surface area contributed by atoms with Gasteiger partial charge in [-0.15, -0.1) is 11.8 Å². The minimum atomic E-state index is 0.0896. The Kier molecular flexibility index (Phi) is 7.82. The van der Waals surface area contributed by atoms with Gasteiger partial charge in [0.05, 0.1) is 14.2 Å². The summed E-state index contributed by atoms with van der Waals surface area (Å²) in [5.41, 5.74) is 2.44. The minimum absolute atomic E-state index is 0.0896. The van der Waals surface area contributed by atoms with E-state index in [-0.39, 0.29) is 5.91 Å². The number of quaternary nitrogens is 1. The van der Waals surface area contributed by atoms with Crippen molar-refractivity contribution in [1.82, 2.24) is 5.32 Å². The molecule has 134 valence electrons. The number of carbonyl (C=O) groups is 1. The van der Waals surface area contributed by atoms with Crippen molar-refractivity contribution < 1.29 is 14.4 Å². The van der Waals surface area contributed by atoms with Crippen LogP contribution in [0.1, 0.15) is 11.1 Å². The van der Waals surface area contributed by atoms with Crippen LogP contribution in [-0.4, -0.2) is 39.4 Å². The topological polar surface area (TPSA) is 42.8 Å². The van der Waals surface area contributed by atoms with Crippen LogP contribution >= 0.6 is 11.8 Å². The second kappa shape index (κ2) is 10.1. The van der Waals surface area contributed by atoms with Gasteiger partial charge in [0.2, 0.25) is 0 Å². The van der Waals surface area contributed by atoms with Crippen LogP contribution in [0.4, 0.5) is 0 Å². The standard InChI is InChI=1S/C20H26N2O2S/c1-22(14-17-6-10-19(25-3)11-7-17)15-20(23)21-13-12-16-4-8-18(24-2)9-5-16/h4-11H,12-15H2,1-3H3,(H,21,23)/p+1. The number of rotatable bonds is 9. The van der Waals surface area contributed by atoms with E-state index < -0.39 is 0 Å². The zero-order valence-electron chi connectivity index (χ0n) is 15.2. The Bertz CT molecular complexity index is 656. The second-order valence-corrected chi connectivity index (χ2v) is 6.99. The maximum Gasteiger partial charge on any atom is 0.275 e. The van der Waals surface area contributed by atoms with E-state index in [9.17, 15) is 4.79 Å². The molecule has 5 heteroatoms. The van der Waals surface area contributed by atoms with Gasteiger partial charge < -0.3 is 15.0 Å². The number of thioether (sulfide) groups is 1. The molecule has 1 amide bonds. The summed E-state index contributed by atoms with van der Waals surface area (Å²) >= 11 is 1.74. The van der Waals surface area contributed by atoms with Crippen molar-refractivity contribution >= 4 is 17.7 Å². The number of likely N-dealkylation sites (N-methyl/N-ethyl adjacent to an activating group) is 1. The summed E-state index contributed by atoms with van der Waals surface area (Å²) in [6, 6.07) is 16.5.